The number of carbonyl (C=O) groups is 3. The van der Waals surface area contributed by atoms with Crippen molar-refractivity contribution in [3.63, 3.8) is 0 Å². The van der Waals surface area contributed by atoms with Crippen LogP contribution in [0.25, 0.3) is 21.8 Å². The molecule has 0 aliphatic rings. The summed E-state index contributed by atoms with van der Waals surface area (Å²) in [6.45, 7) is 0.522. The maximum Gasteiger partial charge on any atom is 0.326 e. The minimum Gasteiger partial charge on any atom is -0.480 e. The number of hydrogen-bond donors (Lipinski definition) is 5. The van der Waals surface area contributed by atoms with Crippen LogP contribution in [-0.4, -0.2) is 51.9 Å². The second-order valence-corrected chi connectivity index (χ2v) is 7.76. The molecule has 10 heteroatoms. The molecular weight excluding hydrogens is 462 g/mol. The third kappa shape index (κ3) is 5.34. The van der Waals surface area contributed by atoms with E-state index in [0.29, 0.717) is 24.0 Å². The van der Waals surface area contributed by atoms with Crippen LogP contribution in [0.4, 0.5) is 0 Å². The molecule has 1 heterocycles. The Hall–Kier alpha value is -4.70. The average molecular weight is 488 g/mol. The largest absolute Gasteiger partial charge is 0.480 e. The van der Waals surface area contributed by atoms with E-state index in [-0.39, 0.29) is 12.3 Å². The normalized spacial score (nSPS) is 11.3. The third-order valence-electron chi connectivity index (χ3n) is 5.65. The van der Waals surface area contributed by atoms with E-state index in [0.717, 1.165) is 34.5 Å². The molecule has 1 amide bonds. The molecule has 4 aromatic rings. The fourth-order valence-corrected chi connectivity index (χ4v) is 3.94. The molecule has 36 heavy (non-hydrogen) atoms. The number of hydrogen-bond acceptors (Lipinski definition) is 6. The third-order valence-corrected chi connectivity index (χ3v) is 5.65. The lowest BCUT2D eigenvalue weighted by atomic mass is 10.1. The van der Waals surface area contributed by atoms with Gasteiger partial charge in [-0.3, -0.25) is 10.2 Å². The van der Waals surface area contributed by atoms with Crippen LogP contribution in [-0.2, 0) is 16.1 Å². The molecule has 4 rings (SSSR count). The second-order valence-electron chi connectivity index (χ2n) is 7.76. The first-order valence-corrected chi connectivity index (χ1v) is 10.9. The van der Waals surface area contributed by atoms with Gasteiger partial charge in [0.05, 0.1) is 0 Å². The van der Waals surface area contributed by atoms with Gasteiger partial charge in [-0.05, 0) is 42.0 Å². The number of aliphatic hydroxyl groups is 1. The van der Waals surface area contributed by atoms with Crippen LogP contribution < -0.4 is 5.32 Å². The van der Waals surface area contributed by atoms with Gasteiger partial charge < -0.3 is 24.9 Å². The molecule has 184 valence electrons. The van der Waals surface area contributed by atoms with Crippen molar-refractivity contribution in [2.75, 3.05) is 7.11 Å². The number of fused-ring (bicyclic) bond motifs is 3. The zero-order valence-electron chi connectivity index (χ0n) is 19.4. The molecule has 0 fully saturated rings. The lowest BCUT2D eigenvalue weighted by Gasteiger charge is -2.12. The molecule has 10 nitrogen and oxygen atoms in total. The highest BCUT2D eigenvalue weighted by Crippen LogP contribution is 2.30. The van der Waals surface area contributed by atoms with Crippen molar-refractivity contribution in [1.29, 1.82) is 10.9 Å². The Morgan fingerprint density at radius 2 is 1.64 bits per heavy atom. The first kappa shape index (κ1) is 25.9. The summed E-state index contributed by atoms with van der Waals surface area (Å²) in [5.41, 5.74) is 10.9. The number of nitrogens with zero attached hydrogens (tertiary/aromatic N) is 2. The van der Waals surface area contributed by atoms with E-state index in [4.69, 9.17) is 21.2 Å². The SMILES string of the molecule is CO.N=NC(=N)c1ccc2c(c1)c1ccccc1n2Cc1ccc(C(=O)N[C@@H](CC=O)C(=O)O)cc1. The van der Waals surface area contributed by atoms with Crippen LogP contribution in [0.2, 0.25) is 0 Å². The van der Waals surface area contributed by atoms with E-state index in [1.54, 1.807) is 30.3 Å². The standard InChI is InChI=1S/C25H21N5O4.CH4O/c26-23(29-27)17-9-10-22-19(13-17)18-3-1-2-4-21(18)30(22)14-15-5-7-16(8-6-15)24(32)28-20(11-12-31)25(33)34;1-2/h1-10,12-13,20,26-27H,11,14H2,(H,28,32)(H,33,34);2H,1H3/t20-;/m0./s1. The van der Waals surface area contributed by atoms with Crippen LogP contribution >= 0.6 is 0 Å². The van der Waals surface area contributed by atoms with Gasteiger partial charge in [-0.1, -0.05) is 30.3 Å². The topological polar surface area (TPSA) is 169 Å². The van der Waals surface area contributed by atoms with Gasteiger partial charge >= 0.3 is 5.97 Å². The molecular formula is C26H25N5O5. The van der Waals surface area contributed by atoms with Gasteiger partial charge in [-0.25, -0.2) is 10.3 Å². The van der Waals surface area contributed by atoms with Crippen molar-refractivity contribution in [3.05, 3.63) is 83.4 Å². The molecule has 0 unspecified atom stereocenters. The van der Waals surface area contributed by atoms with Gasteiger partial charge in [-0.15, -0.1) is 5.11 Å². The average Bonchev–Trinajstić information content (AvgIpc) is 3.22. The maximum atomic E-state index is 12.4. The number of aliphatic carboxylic acids is 1. The Balaban J connectivity index is 0.00000176. The summed E-state index contributed by atoms with van der Waals surface area (Å²) in [5, 5.41) is 31.5. The molecule has 3 aromatic carbocycles. The minimum absolute atomic E-state index is 0.106. The zero-order valence-corrected chi connectivity index (χ0v) is 19.4. The van der Waals surface area contributed by atoms with Gasteiger partial charge in [0.25, 0.3) is 5.91 Å². The number of benzene rings is 3. The Labute approximate surface area is 206 Å². The number of amides is 1. The van der Waals surface area contributed by atoms with E-state index in [1.807, 2.05) is 36.4 Å². The fourth-order valence-electron chi connectivity index (χ4n) is 3.94. The highest BCUT2D eigenvalue weighted by atomic mass is 16.4. The number of rotatable bonds is 8. The number of carboxylic acid groups (broad SMARTS) is 1. The summed E-state index contributed by atoms with van der Waals surface area (Å²) in [6, 6.07) is 19.0. The Bertz CT molecular complexity index is 1440. The predicted octanol–water partition coefficient (Wildman–Crippen LogP) is 3.58. The quantitative estimate of drug-likeness (QED) is 0.111. The van der Waals surface area contributed by atoms with Crippen LogP contribution in [0.3, 0.4) is 0 Å². The molecule has 5 N–H and O–H groups in total. The van der Waals surface area contributed by atoms with Crippen molar-refractivity contribution >= 4 is 45.8 Å². The molecule has 0 bridgehead atoms. The van der Waals surface area contributed by atoms with Gasteiger partial charge in [0, 0.05) is 53.0 Å². The smallest absolute Gasteiger partial charge is 0.326 e. The highest BCUT2D eigenvalue weighted by Gasteiger charge is 2.20. The number of aldehydes is 1. The first-order valence-electron chi connectivity index (χ1n) is 10.9. The van der Waals surface area contributed by atoms with Crippen molar-refractivity contribution in [1.82, 2.24) is 9.88 Å². The summed E-state index contributed by atoms with van der Waals surface area (Å²) in [7, 11) is 1.00. The summed E-state index contributed by atoms with van der Waals surface area (Å²) < 4.78 is 2.13. The monoisotopic (exact) mass is 487 g/mol. The number of carbonyl (C=O) groups excluding carboxylic acids is 2. The number of aliphatic hydroxyl groups excluding tert-OH is 1. The number of carboxylic acids is 1. The van der Waals surface area contributed by atoms with Crippen LogP contribution in [0, 0.1) is 10.9 Å². The molecule has 1 aromatic heterocycles. The van der Waals surface area contributed by atoms with Crippen molar-refractivity contribution in [2.24, 2.45) is 5.11 Å². The summed E-state index contributed by atoms with van der Waals surface area (Å²) in [6.07, 6.45) is 0.158. The first-order chi connectivity index (χ1) is 17.4. The van der Waals surface area contributed by atoms with Crippen molar-refractivity contribution in [3.8, 4) is 0 Å². The van der Waals surface area contributed by atoms with E-state index in [9.17, 15) is 14.4 Å². The fraction of sp³-hybridized carbons (Fsp3) is 0.154. The molecule has 0 radical (unpaired) electrons. The van der Waals surface area contributed by atoms with Gasteiger partial charge in [-0.2, -0.15) is 0 Å². The molecule has 0 saturated carbocycles. The number of aromatic nitrogens is 1. The highest BCUT2D eigenvalue weighted by molar-refractivity contribution is 6.11. The summed E-state index contributed by atoms with van der Waals surface area (Å²) in [4.78, 5) is 34.2. The van der Waals surface area contributed by atoms with E-state index in [1.165, 1.54) is 0 Å². The molecule has 0 saturated heterocycles. The predicted molar refractivity (Wildman–Crippen MR) is 135 cm³/mol. The van der Waals surface area contributed by atoms with Crippen LogP contribution in [0.15, 0.2) is 71.8 Å². The Morgan fingerprint density at radius 1 is 1.00 bits per heavy atom. The van der Waals surface area contributed by atoms with E-state index < -0.39 is 17.9 Å². The van der Waals surface area contributed by atoms with Gasteiger partial charge in [0.15, 0.2) is 5.84 Å². The van der Waals surface area contributed by atoms with Crippen molar-refractivity contribution < 1.29 is 24.6 Å². The summed E-state index contributed by atoms with van der Waals surface area (Å²) >= 11 is 0. The molecule has 0 aliphatic heterocycles. The second kappa shape index (κ2) is 11.6. The van der Waals surface area contributed by atoms with Crippen LogP contribution in [0.1, 0.15) is 27.9 Å². The van der Waals surface area contributed by atoms with E-state index >= 15 is 0 Å². The number of para-hydroxylation sites is 1. The van der Waals surface area contributed by atoms with Crippen LogP contribution in [0.5, 0.6) is 0 Å². The maximum absolute atomic E-state index is 12.4. The summed E-state index contributed by atoms with van der Waals surface area (Å²) in [5.74, 6) is -1.93. The number of nitrogens with one attached hydrogen (secondary N) is 3. The van der Waals surface area contributed by atoms with Crippen molar-refractivity contribution in [2.45, 2.75) is 19.0 Å². The number of amidine groups is 1. The lowest BCUT2D eigenvalue weighted by Crippen LogP contribution is -2.41. The Kier molecular flexibility index (Phi) is 8.37. The molecule has 1 atom stereocenters. The minimum atomic E-state index is -1.27. The Morgan fingerprint density at radius 3 is 2.28 bits per heavy atom. The lowest BCUT2D eigenvalue weighted by molar-refractivity contribution is -0.140. The van der Waals surface area contributed by atoms with Gasteiger partial charge in [0.2, 0.25) is 0 Å². The van der Waals surface area contributed by atoms with Gasteiger partial charge in [0.1, 0.15) is 12.3 Å². The van der Waals surface area contributed by atoms with E-state index in [2.05, 4.69) is 15.0 Å². The zero-order chi connectivity index (χ0) is 26.2. The molecule has 0 spiro atoms. The molecule has 0 aliphatic carbocycles.